The third-order valence-electron chi connectivity index (χ3n) is 2.11. The Hall–Kier alpha value is -1.24. The zero-order chi connectivity index (χ0) is 13.7. The van der Waals surface area contributed by atoms with Crippen molar-refractivity contribution in [2.75, 3.05) is 13.1 Å². The van der Waals surface area contributed by atoms with E-state index in [9.17, 15) is 9.59 Å². The highest BCUT2D eigenvalue weighted by Crippen LogP contribution is 2.25. The van der Waals surface area contributed by atoms with Gasteiger partial charge in [0.1, 0.15) is 0 Å². The molecule has 0 aliphatic carbocycles. The molecule has 0 saturated carbocycles. The first kappa shape index (κ1) is 18.1. The minimum absolute atomic E-state index is 0.221. The van der Waals surface area contributed by atoms with Crippen LogP contribution < -0.4 is 0 Å². The Kier molecular flexibility index (Phi) is 12.0. The third kappa shape index (κ3) is 20.8. The SMILES string of the molecule is CCC(C)CC(C)(C)C.O=C=NCCN=C=O. The van der Waals surface area contributed by atoms with Gasteiger partial charge in [-0.3, -0.25) is 0 Å². The van der Waals surface area contributed by atoms with Crippen molar-refractivity contribution in [3.05, 3.63) is 0 Å². The van der Waals surface area contributed by atoms with Crippen LogP contribution in [0.15, 0.2) is 9.98 Å². The molecule has 0 radical (unpaired) electrons. The van der Waals surface area contributed by atoms with Crippen LogP contribution in [0.5, 0.6) is 0 Å². The topological polar surface area (TPSA) is 58.9 Å². The van der Waals surface area contributed by atoms with Gasteiger partial charge in [0.25, 0.3) is 0 Å². The van der Waals surface area contributed by atoms with Gasteiger partial charge in [0.05, 0.1) is 13.1 Å². The molecule has 0 aromatic heterocycles. The molecular weight excluding hydrogens is 216 g/mol. The molecular formula is C13H24N2O2. The van der Waals surface area contributed by atoms with E-state index >= 15 is 0 Å². The fourth-order valence-corrected chi connectivity index (χ4v) is 1.38. The van der Waals surface area contributed by atoms with Crippen molar-refractivity contribution >= 4 is 12.2 Å². The molecule has 0 aromatic rings. The van der Waals surface area contributed by atoms with Crippen molar-refractivity contribution in [2.45, 2.75) is 47.5 Å². The van der Waals surface area contributed by atoms with Gasteiger partial charge in [-0.1, -0.05) is 41.0 Å². The van der Waals surface area contributed by atoms with Gasteiger partial charge in [0.15, 0.2) is 0 Å². The summed E-state index contributed by atoms with van der Waals surface area (Å²) in [7, 11) is 0. The van der Waals surface area contributed by atoms with Crippen LogP contribution in [0.3, 0.4) is 0 Å². The number of hydrogen-bond donors (Lipinski definition) is 0. The van der Waals surface area contributed by atoms with Crippen molar-refractivity contribution in [1.29, 1.82) is 0 Å². The maximum atomic E-state index is 9.34. The molecule has 4 nitrogen and oxygen atoms in total. The predicted molar refractivity (Wildman–Crippen MR) is 69.5 cm³/mol. The fourth-order valence-electron chi connectivity index (χ4n) is 1.38. The van der Waals surface area contributed by atoms with Crippen molar-refractivity contribution in [2.24, 2.45) is 21.3 Å². The van der Waals surface area contributed by atoms with Gasteiger partial charge in [-0.25, -0.2) is 19.6 Å². The van der Waals surface area contributed by atoms with Crippen LogP contribution in [0, 0.1) is 11.3 Å². The molecule has 1 atom stereocenters. The minimum Gasteiger partial charge on any atom is -0.211 e. The van der Waals surface area contributed by atoms with Crippen LogP contribution in [0.4, 0.5) is 0 Å². The summed E-state index contributed by atoms with van der Waals surface area (Å²) in [5.41, 5.74) is 0.523. The second kappa shape index (κ2) is 11.3. The summed E-state index contributed by atoms with van der Waals surface area (Å²) in [6, 6.07) is 0. The molecule has 98 valence electrons. The van der Waals surface area contributed by atoms with Crippen LogP contribution in [0.1, 0.15) is 47.5 Å². The number of nitrogens with zero attached hydrogens (tertiary/aromatic N) is 2. The molecule has 0 saturated heterocycles. The van der Waals surface area contributed by atoms with Gasteiger partial charge in [-0.2, -0.15) is 0 Å². The summed E-state index contributed by atoms with van der Waals surface area (Å²) >= 11 is 0. The van der Waals surface area contributed by atoms with Crippen LogP contribution in [0.2, 0.25) is 0 Å². The lowest BCUT2D eigenvalue weighted by Gasteiger charge is -2.21. The number of rotatable bonds is 5. The molecule has 0 N–H and O–H groups in total. The van der Waals surface area contributed by atoms with E-state index < -0.39 is 0 Å². The maximum Gasteiger partial charge on any atom is 0.235 e. The maximum absolute atomic E-state index is 9.34. The molecule has 4 heteroatoms. The van der Waals surface area contributed by atoms with E-state index in [1.807, 2.05) is 0 Å². The van der Waals surface area contributed by atoms with E-state index in [4.69, 9.17) is 0 Å². The first-order valence-corrected chi connectivity index (χ1v) is 5.94. The number of aliphatic imine (C=N–C) groups is 2. The second-order valence-electron chi connectivity index (χ2n) is 5.22. The molecule has 0 aromatic carbocycles. The van der Waals surface area contributed by atoms with Crippen molar-refractivity contribution in [3.8, 4) is 0 Å². The Labute approximate surface area is 104 Å². The first-order valence-electron chi connectivity index (χ1n) is 5.94. The Morgan fingerprint density at radius 1 is 1.06 bits per heavy atom. The molecule has 0 rings (SSSR count). The molecule has 0 heterocycles. The molecule has 1 unspecified atom stereocenters. The van der Waals surface area contributed by atoms with Gasteiger partial charge in [0.2, 0.25) is 12.2 Å². The largest absolute Gasteiger partial charge is 0.235 e. The summed E-state index contributed by atoms with van der Waals surface area (Å²) in [6.07, 6.45) is 5.29. The Morgan fingerprint density at radius 2 is 1.47 bits per heavy atom. The molecule has 0 bridgehead atoms. The van der Waals surface area contributed by atoms with Crippen molar-refractivity contribution in [3.63, 3.8) is 0 Å². The Morgan fingerprint density at radius 3 is 1.65 bits per heavy atom. The zero-order valence-electron chi connectivity index (χ0n) is 11.6. The number of hydrogen-bond acceptors (Lipinski definition) is 4. The number of isocyanates is 2. The summed E-state index contributed by atoms with van der Waals surface area (Å²) in [5, 5.41) is 0. The molecule has 0 amide bonds. The molecule has 0 aliphatic heterocycles. The number of carbonyl (C=O) groups excluding carboxylic acids is 2. The van der Waals surface area contributed by atoms with Crippen molar-refractivity contribution in [1.82, 2.24) is 0 Å². The average molecular weight is 240 g/mol. The van der Waals surface area contributed by atoms with E-state index in [0.29, 0.717) is 5.41 Å². The van der Waals surface area contributed by atoms with E-state index in [-0.39, 0.29) is 13.1 Å². The first-order chi connectivity index (χ1) is 7.87. The molecule has 0 aliphatic rings. The van der Waals surface area contributed by atoms with Crippen LogP contribution in [-0.2, 0) is 9.59 Å². The Bertz CT molecular complexity index is 252. The lowest BCUT2D eigenvalue weighted by Crippen LogP contribution is -2.09. The summed E-state index contributed by atoms with van der Waals surface area (Å²) in [5.74, 6) is 0.894. The third-order valence-corrected chi connectivity index (χ3v) is 2.11. The zero-order valence-corrected chi connectivity index (χ0v) is 11.6. The van der Waals surface area contributed by atoms with Gasteiger partial charge < -0.3 is 0 Å². The predicted octanol–water partition coefficient (Wildman–Crippen LogP) is 3.13. The van der Waals surface area contributed by atoms with Gasteiger partial charge in [0, 0.05) is 0 Å². The van der Waals surface area contributed by atoms with Gasteiger partial charge >= 0.3 is 0 Å². The highest BCUT2D eigenvalue weighted by atomic mass is 16.1. The van der Waals surface area contributed by atoms with Crippen LogP contribution in [0.25, 0.3) is 0 Å². The smallest absolute Gasteiger partial charge is 0.211 e. The van der Waals surface area contributed by atoms with E-state index in [0.717, 1.165) is 5.92 Å². The summed E-state index contributed by atoms with van der Waals surface area (Å²) < 4.78 is 0. The van der Waals surface area contributed by atoms with Crippen LogP contribution in [-0.4, -0.2) is 25.2 Å². The molecule has 0 fully saturated rings. The molecule has 0 spiro atoms. The van der Waals surface area contributed by atoms with Gasteiger partial charge in [-0.05, 0) is 17.8 Å². The fraction of sp³-hybridized carbons (Fsp3) is 0.846. The van der Waals surface area contributed by atoms with E-state index in [2.05, 4.69) is 44.6 Å². The van der Waals surface area contributed by atoms with Crippen LogP contribution >= 0.6 is 0 Å². The lowest BCUT2D eigenvalue weighted by molar-refractivity contribution is 0.302. The van der Waals surface area contributed by atoms with E-state index in [1.165, 1.54) is 25.0 Å². The Balaban J connectivity index is 0. The van der Waals surface area contributed by atoms with Gasteiger partial charge in [-0.15, -0.1) is 0 Å². The normalized spacial score (nSPS) is 11.4. The quantitative estimate of drug-likeness (QED) is 0.421. The monoisotopic (exact) mass is 240 g/mol. The molecule has 17 heavy (non-hydrogen) atoms. The summed E-state index contributed by atoms with van der Waals surface area (Å²) in [6.45, 7) is 11.9. The summed E-state index contributed by atoms with van der Waals surface area (Å²) in [4.78, 5) is 24.9. The average Bonchev–Trinajstić information content (AvgIpc) is 2.23. The highest BCUT2D eigenvalue weighted by molar-refractivity contribution is 5.34. The lowest BCUT2D eigenvalue weighted by atomic mass is 9.84. The van der Waals surface area contributed by atoms with Crippen molar-refractivity contribution < 1.29 is 9.59 Å². The minimum atomic E-state index is 0.221. The highest BCUT2D eigenvalue weighted by Gasteiger charge is 2.13. The van der Waals surface area contributed by atoms with E-state index in [1.54, 1.807) is 0 Å². The standard InChI is InChI=1S/C9H20.C4H4N2O2/c1-6-8(2)7-9(3,4)5;7-3-5-1-2-6-4-8/h8H,6-7H2,1-5H3;1-2H2. The second-order valence-corrected chi connectivity index (χ2v) is 5.22.